The van der Waals surface area contributed by atoms with E-state index in [-0.39, 0.29) is 0 Å². The maximum Gasteiger partial charge on any atom is 0.138 e. The molecule has 5 nitrogen and oxygen atoms in total. The molecule has 0 aliphatic carbocycles. The number of rotatable bonds is 3. The summed E-state index contributed by atoms with van der Waals surface area (Å²) in [5.41, 5.74) is -0.500. The summed E-state index contributed by atoms with van der Waals surface area (Å²) in [4.78, 5) is 6.19. The van der Waals surface area contributed by atoms with Crippen LogP contribution < -0.4 is 0 Å². The van der Waals surface area contributed by atoms with E-state index in [0.29, 0.717) is 5.92 Å². The summed E-state index contributed by atoms with van der Waals surface area (Å²) in [7, 11) is 0. The minimum absolute atomic E-state index is 0.313. The van der Waals surface area contributed by atoms with Crippen molar-refractivity contribution in [3.8, 4) is 0 Å². The standard InChI is InChI=1S/C9H16N4O/c1-7(2)9(14)4-13(5-9)3-8-10-6-11-12-8/h6-7,14H,3-5H2,1-2H3,(H,10,11,12). The summed E-state index contributed by atoms with van der Waals surface area (Å²) < 4.78 is 0. The molecule has 1 aromatic heterocycles. The monoisotopic (exact) mass is 196 g/mol. The lowest BCUT2D eigenvalue weighted by molar-refractivity contribution is -0.131. The molecule has 5 heteroatoms. The molecule has 0 radical (unpaired) electrons. The summed E-state index contributed by atoms with van der Waals surface area (Å²) in [6.45, 7) is 6.29. The highest BCUT2D eigenvalue weighted by Gasteiger charge is 2.43. The van der Waals surface area contributed by atoms with Crippen LogP contribution in [0, 0.1) is 5.92 Å². The number of aromatic nitrogens is 3. The van der Waals surface area contributed by atoms with Gasteiger partial charge in [-0.05, 0) is 5.92 Å². The zero-order valence-electron chi connectivity index (χ0n) is 8.56. The molecule has 14 heavy (non-hydrogen) atoms. The molecule has 1 aliphatic rings. The Morgan fingerprint density at radius 1 is 1.64 bits per heavy atom. The number of hydrogen-bond acceptors (Lipinski definition) is 4. The van der Waals surface area contributed by atoms with E-state index in [1.165, 1.54) is 6.33 Å². The van der Waals surface area contributed by atoms with Gasteiger partial charge in [-0.25, -0.2) is 4.98 Å². The Balaban J connectivity index is 1.84. The summed E-state index contributed by atoms with van der Waals surface area (Å²) >= 11 is 0. The molecule has 0 amide bonds. The molecule has 1 saturated heterocycles. The fourth-order valence-corrected chi connectivity index (χ4v) is 1.72. The van der Waals surface area contributed by atoms with E-state index in [4.69, 9.17) is 0 Å². The van der Waals surface area contributed by atoms with Crippen LogP contribution >= 0.6 is 0 Å². The Morgan fingerprint density at radius 3 is 2.86 bits per heavy atom. The molecule has 0 atom stereocenters. The van der Waals surface area contributed by atoms with Gasteiger partial charge in [0.2, 0.25) is 0 Å². The average molecular weight is 196 g/mol. The van der Waals surface area contributed by atoms with E-state index in [1.807, 2.05) is 13.8 Å². The minimum Gasteiger partial charge on any atom is -0.387 e. The van der Waals surface area contributed by atoms with E-state index in [1.54, 1.807) is 0 Å². The first kappa shape index (κ1) is 9.61. The summed E-state index contributed by atoms with van der Waals surface area (Å²) in [6.07, 6.45) is 1.50. The highest BCUT2D eigenvalue weighted by Crippen LogP contribution is 2.28. The number of nitrogens with one attached hydrogen (secondary N) is 1. The second-order valence-electron chi connectivity index (χ2n) is 4.34. The quantitative estimate of drug-likeness (QED) is 0.714. The van der Waals surface area contributed by atoms with Crippen molar-refractivity contribution in [2.45, 2.75) is 26.0 Å². The van der Waals surface area contributed by atoms with Crippen molar-refractivity contribution in [1.82, 2.24) is 20.1 Å². The second kappa shape index (κ2) is 3.33. The Morgan fingerprint density at radius 2 is 2.36 bits per heavy atom. The van der Waals surface area contributed by atoms with Crippen LogP contribution in [0.15, 0.2) is 6.33 Å². The highest BCUT2D eigenvalue weighted by atomic mass is 16.3. The molecule has 0 aromatic carbocycles. The van der Waals surface area contributed by atoms with Crippen molar-refractivity contribution in [1.29, 1.82) is 0 Å². The Labute approximate surface area is 83.2 Å². The van der Waals surface area contributed by atoms with Gasteiger partial charge >= 0.3 is 0 Å². The van der Waals surface area contributed by atoms with Crippen molar-refractivity contribution < 1.29 is 5.11 Å². The lowest BCUT2D eigenvalue weighted by Crippen LogP contribution is -2.63. The van der Waals surface area contributed by atoms with Crippen molar-refractivity contribution >= 4 is 0 Å². The van der Waals surface area contributed by atoms with Gasteiger partial charge in [-0.3, -0.25) is 10.00 Å². The Kier molecular flexibility index (Phi) is 2.28. The normalized spacial score (nSPS) is 21.1. The van der Waals surface area contributed by atoms with E-state index < -0.39 is 5.60 Å². The number of likely N-dealkylation sites (tertiary alicyclic amines) is 1. The summed E-state index contributed by atoms with van der Waals surface area (Å²) in [5.74, 6) is 1.17. The number of hydrogen-bond donors (Lipinski definition) is 2. The van der Waals surface area contributed by atoms with E-state index in [9.17, 15) is 5.11 Å². The molecule has 2 heterocycles. The van der Waals surface area contributed by atoms with Gasteiger partial charge in [0.15, 0.2) is 0 Å². The van der Waals surface area contributed by atoms with Crippen LogP contribution in [0.5, 0.6) is 0 Å². The third-order valence-corrected chi connectivity index (χ3v) is 2.91. The van der Waals surface area contributed by atoms with E-state index in [2.05, 4.69) is 20.1 Å². The molecule has 0 spiro atoms. The van der Waals surface area contributed by atoms with Gasteiger partial charge in [-0.15, -0.1) is 0 Å². The molecule has 0 bridgehead atoms. The number of aromatic amines is 1. The molecule has 1 aliphatic heterocycles. The number of aliphatic hydroxyl groups is 1. The van der Waals surface area contributed by atoms with Gasteiger partial charge in [-0.1, -0.05) is 13.8 Å². The predicted octanol–water partition coefficient (Wildman–Crippen LogP) is 0.00740. The molecule has 0 saturated carbocycles. The van der Waals surface area contributed by atoms with Crippen molar-refractivity contribution in [2.24, 2.45) is 5.92 Å². The van der Waals surface area contributed by atoms with Gasteiger partial charge in [-0.2, -0.15) is 5.10 Å². The smallest absolute Gasteiger partial charge is 0.138 e. The lowest BCUT2D eigenvalue weighted by Gasteiger charge is -2.48. The molecule has 78 valence electrons. The first-order chi connectivity index (χ1) is 6.60. The molecular weight excluding hydrogens is 180 g/mol. The minimum atomic E-state index is -0.500. The number of β-amino-alcohol motifs (C(OH)–C–C–N with tert-alkyl or cyclic N) is 1. The zero-order chi connectivity index (χ0) is 10.2. The summed E-state index contributed by atoms with van der Waals surface area (Å²) in [6, 6.07) is 0. The molecule has 2 rings (SSSR count). The predicted molar refractivity (Wildman–Crippen MR) is 51.4 cm³/mol. The lowest BCUT2D eigenvalue weighted by atomic mass is 9.83. The molecule has 1 aromatic rings. The van der Waals surface area contributed by atoms with Crippen LogP contribution in [0.3, 0.4) is 0 Å². The third-order valence-electron chi connectivity index (χ3n) is 2.91. The second-order valence-corrected chi connectivity index (χ2v) is 4.34. The number of H-pyrrole nitrogens is 1. The van der Waals surface area contributed by atoms with Crippen LogP contribution in [0.1, 0.15) is 19.7 Å². The Hall–Kier alpha value is -0.940. The Bertz CT molecular complexity index is 290. The first-order valence-electron chi connectivity index (χ1n) is 4.89. The fraction of sp³-hybridized carbons (Fsp3) is 0.778. The van der Waals surface area contributed by atoms with Crippen molar-refractivity contribution in [3.63, 3.8) is 0 Å². The number of nitrogens with zero attached hydrogens (tertiary/aromatic N) is 3. The van der Waals surface area contributed by atoms with Gasteiger partial charge < -0.3 is 5.11 Å². The van der Waals surface area contributed by atoms with E-state index in [0.717, 1.165) is 25.5 Å². The highest BCUT2D eigenvalue weighted by molar-refractivity contribution is 4.99. The maximum atomic E-state index is 10.00. The maximum absolute atomic E-state index is 10.00. The molecule has 2 N–H and O–H groups in total. The van der Waals surface area contributed by atoms with E-state index >= 15 is 0 Å². The fourth-order valence-electron chi connectivity index (χ4n) is 1.72. The van der Waals surface area contributed by atoms with Gasteiger partial charge in [0.25, 0.3) is 0 Å². The average Bonchev–Trinajstić information content (AvgIpc) is 2.53. The van der Waals surface area contributed by atoms with Crippen molar-refractivity contribution in [3.05, 3.63) is 12.2 Å². The van der Waals surface area contributed by atoms with Crippen LogP contribution in [0.25, 0.3) is 0 Å². The topological polar surface area (TPSA) is 65.0 Å². The SMILES string of the molecule is CC(C)C1(O)CN(Cc2ncn[nH]2)C1. The zero-order valence-corrected chi connectivity index (χ0v) is 8.56. The van der Waals surface area contributed by atoms with Crippen LogP contribution in [0.4, 0.5) is 0 Å². The van der Waals surface area contributed by atoms with Crippen LogP contribution in [-0.4, -0.2) is 43.9 Å². The molecular formula is C9H16N4O. The van der Waals surface area contributed by atoms with Crippen LogP contribution in [0.2, 0.25) is 0 Å². The summed E-state index contributed by atoms with van der Waals surface area (Å²) in [5, 5.41) is 16.6. The largest absolute Gasteiger partial charge is 0.387 e. The molecule has 0 unspecified atom stereocenters. The molecule has 1 fully saturated rings. The van der Waals surface area contributed by atoms with Crippen LogP contribution in [-0.2, 0) is 6.54 Å². The van der Waals surface area contributed by atoms with Gasteiger partial charge in [0, 0.05) is 13.1 Å². The van der Waals surface area contributed by atoms with Gasteiger partial charge in [0.1, 0.15) is 12.2 Å². The van der Waals surface area contributed by atoms with Gasteiger partial charge in [0.05, 0.1) is 12.1 Å². The van der Waals surface area contributed by atoms with Crippen molar-refractivity contribution in [2.75, 3.05) is 13.1 Å². The third kappa shape index (κ3) is 1.65. The first-order valence-corrected chi connectivity index (χ1v) is 4.89.